The van der Waals surface area contributed by atoms with E-state index in [0.29, 0.717) is 0 Å². The monoisotopic (exact) mass is 672 g/mol. The average molecular weight is 670 g/mol. The first kappa shape index (κ1) is 46.7. The van der Waals surface area contributed by atoms with Crippen molar-refractivity contribution in [3.8, 4) is 0 Å². The smallest absolute Gasteiger partial charge is 0.577 e. The molecule has 0 fully saturated rings. The molecule has 0 N–H and O–H groups in total. The van der Waals surface area contributed by atoms with Crippen LogP contribution in [0.4, 0.5) is 0 Å². The van der Waals surface area contributed by atoms with Crippen molar-refractivity contribution >= 4 is 46.7 Å². The van der Waals surface area contributed by atoms with E-state index >= 15 is 0 Å². The number of nitroso groups, excluding NO2 is 1. The van der Waals surface area contributed by atoms with Gasteiger partial charge in [-0.1, -0.05) is 0 Å². The van der Waals surface area contributed by atoms with E-state index in [9.17, 15) is 0 Å². The summed E-state index contributed by atoms with van der Waals surface area (Å²) in [7, 11) is 0. The standard InChI is InChI=1S/2C6H5.5CN.4CH3.Fe.NO.2Sn.2H/c2*1-2-4-6-5-3-1;5*1-2;;;;;;1-2;;;;/h2*1-5H;;;;;;4*1H3;;;;;;/q;;5*-1;;;;;+6;-1;;;;. The molecule has 31 heavy (non-hydrogen) atoms. The molecule has 7 nitrogen and oxygen atoms in total. The van der Waals surface area contributed by atoms with Gasteiger partial charge in [-0.25, -0.2) is 0 Å². The van der Waals surface area contributed by atoms with Crippen LogP contribution < -0.4 is 7.16 Å². The molecule has 0 aliphatic carbocycles. The van der Waals surface area contributed by atoms with E-state index in [1.807, 2.05) is 0 Å². The van der Waals surface area contributed by atoms with E-state index in [1.54, 1.807) is 7.16 Å². The SMILES string of the molecule is [C-]#N.[C-]#N.[C-]#N.[C-]#N.[C-]#N.[CH3][SnH]([CH3])[c]1ccccc1.[CH3][SnH]([CH3])[c]1ccccc1.[Fe+6].[N-]=O. The van der Waals surface area contributed by atoms with E-state index in [-0.39, 0.29) is 17.1 Å². The van der Waals surface area contributed by atoms with Gasteiger partial charge >= 0.3 is 144 Å². The number of hydrogen-bond acceptors (Lipinski definition) is 6. The number of hydrogen-bond donors (Lipinski definition) is 0. The van der Waals surface area contributed by atoms with Crippen molar-refractivity contribution in [2.24, 2.45) is 0 Å². The molecule has 0 aliphatic heterocycles. The Morgan fingerprint density at radius 2 is 0.677 bits per heavy atom. The van der Waals surface area contributed by atoms with Gasteiger partial charge in [-0.2, -0.15) is 0 Å². The van der Waals surface area contributed by atoms with Crippen LogP contribution in [0.2, 0.25) is 19.8 Å². The van der Waals surface area contributed by atoms with Crippen molar-refractivity contribution in [2.75, 3.05) is 0 Å². The third-order valence-corrected chi connectivity index (χ3v) is 12.7. The quantitative estimate of drug-likeness (QED) is 0.351. The Morgan fingerprint density at radius 1 is 0.516 bits per heavy atom. The van der Waals surface area contributed by atoms with Crippen molar-refractivity contribution in [3.05, 3.63) is 104 Å². The van der Waals surface area contributed by atoms with Crippen molar-refractivity contribution in [3.63, 3.8) is 0 Å². The molecule has 0 saturated heterocycles. The summed E-state index contributed by atoms with van der Waals surface area (Å²) in [4.78, 5) is 16.9. The molecule has 0 unspecified atom stereocenters. The Labute approximate surface area is 212 Å². The molecule has 0 radical (unpaired) electrons. The minimum absolute atomic E-state index is 0. The first-order chi connectivity index (χ1) is 14.6. The molecule has 2 aromatic rings. The summed E-state index contributed by atoms with van der Waals surface area (Å²) in [5.41, 5.74) is 5.75. The van der Waals surface area contributed by atoms with Gasteiger partial charge < -0.3 is 69.7 Å². The van der Waals surface area contributed by atoms with Crippen LogP contribution in [-0.4, -0.2) is 39.5 Å². The van der Waals surface area contributed by atoms with E-state index in [4.69, 9.17) is 69.7 Å². The molecule has 0 atom stereocenters. The Bertz CT molecular complexity index is 582. The second-order valence-corrected chi connectivity index (χ2v) is 22.1. The van der Waals surface area contributed by atoms with E-state index in [1.165, 1.54) is 0 Å². The Hall–Kier alpha value is -2.39. The van der Waals surface area contributed by atoms with Crippen molar-refractivity contribution in [1.82, 2.24) is 0 Å². The van der Waals surface area contributed by atoms with E-state index in [0.717, 1.165) is 0 Å². The molecule has 0 aliphatic rings. The summed E-state index contributed by atoms with van der Waals surface area (Å²) in [6.45, 7) is 23.8. The topological polar surface area (TPSA) is 158 Å². The largest absolute Gasteiger partial charge is 6.00 e. The zero-order valence-electron chi connectivity index (χ0n) is 17.9. The zero-order chi connectivity index (χ0) is 25.4. The molecule has 160 valence electrons. The maximum absolute atomic E-state index is 7.25. The van der Waals surface area contributed by atoms with Crippen LogP contribution in [0.3, 0.4) is 0 Å². The maximum atomic E-state index is 7.25. The van der Waals surface area contributed by atoms with Crippen LogP contribution in [-0.2, 0) is 17.1 Å². The van der Waals surface area contributed by atoms with Gasteiger partial charge in [-0.3, -0.25) is 0 Å². The first-order valence-electron chi connectivity index (χ1n) is 8.01. The molecular formula is C21H24FeN6OSn2. The molecule has 2 rings (SSSR count). The van der Waals surface area contributed by atoms with Gasteiger partial charge in [0.2, 0.25) is 0 Å². The minimum atomic E-state index is -1.14. The summed E-state index contributed by atoms with van der Waals surface area (Å²) < 4.78 is 3.25. The third kappa shape index (κ3) is 38.8. The third-order valence-electron chi connectivity index (χ3n) is 2.93. The van der Waals surface area contributed by atoms with Crippen LogP contribution in [0.25, 0.3) is 5.59 Å². The molecular weight excluding hydrogens is 646 g/mol. The molecule has 2 aromatic carbocycles. The Morgan fingerprint density at radius 3 is 0.774 bits per heavy atom. The first-order valence-corrected chi connectivity index (χ1v) is 24.5. The summed E-state index contributed by atoms with van der Waals surface area (Å²) in [6, 6.07) is 21.7. The average Bonchev–Trinajstić information content (AvgIpc) is 2.88. The van der Waals surface area contributed by atoms with Crippen molar-refractivity contribution < 1.29 is 17.1 Å². The molecule has 0 amide bonds. The van der Waals surface area contributed by atoms with Gasteiger partial charge in [-0.05, 0) is 0 Å². The summed E-state index contributed by atoms with van der Waals surface area (Å²) in [6.07, 6.45) is 0. The van der Waals surface area contributed by atoms with Crippen LogP contribution in [0.1, 0.15) is 0 Å². The number of rotatable bonds is 2. The van der Waals surface area contributed by atoms with Crippen LogP contribution in [0.5, 0.6) is 0 Å². The normalized spacial score (nSPS) is 6.32. The fraction of sp³-hybridized carbons (Fsp3) is 0.190. The molecule has 0 aromatic heterocycles. The van der Waals surface area contributed by atoms with E-state index in [2.05, 4.69) is 80.4 Å². The van der Waals surface area contributed by atoms with Gasteiger partial charge in [0, 0.05) is 0 Å². The summed E-state index contributed by atoms with van der Waals surface area (Å²) in [5, 5.41) is 31.2. The second-order valence-electron chi connectivity index (χ2n) is 5.13. The molecule has 0 heterocycles. The minimum Gasteiger partial charge on any atom is -0.577 e. The van der Waals surface area contributed by atoms with Gasteiger partial charge in [0.25, 0.3) is 0 Å². The zero-order valence-corrected chi connectivity index (χ0v) is 25.6. The number of benzene rings is 2. The van der Waals surface area contributed by atoms with Crippen molar-refractivity contribution in [2.45, 2.75) is 19.8 Å². The van der Waals surface area contributed by atoms with Crippen molar-refractivity contribution in [1.29, 1.82) is 26.3 Å². The molecule has 10 heteroatoms. The van der Waals surface area contributed by atoms with Gasteiger partial charge in [0.15, 0.2) is 0 Å². The maximum Gasteiger partial charge on any atom is 6.00 e. The predicted octanol–water partition coefficient (Wildman–Crippen LogP) is 3.56. The Balaban J connectivity index is -0.0000000492. The van der Waals surface area contributed by atoms with Gasteiger partial charge in [0.1, 0.15) is 0 Å². The van der Waals surface area contributed by atoms with Crippen LogP contribution in [0.15, 0.2) is 60.7 Å². The summed E-state index contributed by atoms with van der Waals surface area (Å²) >= 11 is -2.27. The number of nitrogens with zero attached hydrogens (tertiary/aromatic N) is 6. The van der Waals surface area contributed by atoms with E-state index < -0.39 is 39.5 Å². The van der Waals surface area contributed by atoms with Gasteiger partial charge in [0.05, 0.1) is 0 Å². The predicted molar refractivity (Wildman–Crippen MR) is 121 cm³/mol. The fourth-order valence-electron chi connectivity index (χ4n) is 1.68. The van der Waals surface area contributed by atoms with Crippen LogP contribution >= 0.6 is 0 Å². The molecule has 0 saturated carbocycles. The van der Waals surface area contributed by atoms with Gasteiger partial charge in [-0.15, -0.1) is 0 Å². The molecule has 0 bridgehead atoms. The summed E-state index contributed by atoms with van der Waals surface area (Å²) in [5.74, 6) is 0. The van der Waals surface area contributed by atoms with Crippen LogP contribution in [0, 0.1) is 64.1 Å². The second kappa shape index (κ2) is 50.8. The molecule has 0 spiro atoms. The Kier molecular flexibility index (Phi) is 76.6. The fourth-order valence-corrected chi connectivity index (χ4v) is 7.34.